The first-order valence-electron chi connectivity index (χ1n) is 6.62. The molecule has 0 aliphatic heterocycles. The summed E-state index contributed by atoms with van der Waals surface area (Å²) in [7, 11) is 0. The van der Waals surface area contributed by atoms with Crippen molar-refractivity contribution in [1.29, 1.82) is 0 Å². The van der Waals surface area contributed by atoms with Gasteiger partial charge in [0.15, 0.2) is 5.75 Å². The van der Waals surface area contributed by atoms with Gasteiger partial charge in [-0.2, -0.15) is 13.9 Å². The molecule has 116 valence electrons. The Balaban J connectivity index is 2.27. The topological polar surface area (TPSA) is 70.2 Å². The highest BCUT2D eigenvalue weighted by molar-refractivity contribution is 5.87. The van der Waals surface area contributed by atoms with Gasteiger partial charge in [-0.25, -0.2) is 0 Å². The number of hydrogen-bond donors (Lipinski definition) is 3. The number of H-pyrrole nitrogens is 1. The van der Waals surface area contributed by atoms with Crippen LogP contribution in [0.25, 0.3) is 10.9 Å². The van der Waals surface area contributed by atoms with Crippen LogP contribution in [0.1, 0.15) is 32.4 Å². The number of ether oxygens (including phenoxy) is 1. The van der Waals surface area contributed by atoms with Gasteiger partial charge in [-0.15, -0.1) is 0 Å². The van der Waals surface area contributed by atoms with E-state index < -0.39 is 12.7 Å². The first kappa shape index (κ1) is 15.7. The average molecular weight is 299 g/mol. The van der Waals surface area contributed by atoms with Gasteiger partial charge in [-0.3, -0.25) is 5.10 Å². The van der Waals surface area contributed by atoms with Crippen LogP contribution in [0.5, 0.6) is 5.75 Å². The second-order valence-corrected chi connectivity index (χ2v) is 5.84. The molecule has 1 atom stereocenters. The van der Waals surface area contributed by atoms with Crippen LogP contribution in [0.15, 0.2) is 18.3 Å². The first-order chi connectivity index (χ1) is 9.78. The van der Waals surface area contributed by atoms with Gasteiger partial charge in [0.2, 0.25) is 0 Å². The van der Waals surface area contributed by atoms with Crippen molar-refractivity contribution in [3.63, 3.8) is 0 Å². The molecule has 1 aromatic heterocycles. The Kier molecular flexibility index (Phi) is 4.43. The minimum atomic E-state index is -2.91. The molecule has 0 radical (unpaired) electrons. The highest BCUT2D eigenvalue weighted by atomic mass is 19.3. The summed E-state index contributed by atoms with van der Waals surface area (Å²) < 4.78 is 29.1. The minimum Gasteiger partial charge on any atom is -0.433 e. The fourth-order valence-corrected chi connectivity index (χ4v) is 2.03. The SMILES string of the molecule is CC(C)(C)NC[C@H](O)c1ccc(OC(F)F)c2[nH]ncc12. The molecule has 3 N–H and O–H groups in total. The van der Waals surface area contributed by atoms with Gasteiger partial charge < -0.3 is 15.2 Å². The second kappa shape index (κ2) is 5.95. The fraction of sp³-hybridized carbons (Fsp3) is 0.500. The van der Waals surface area contributed by atoms with E-state index in [1.54, 1.807) is 6.07 Å². The van der Waals surface area contributed by atoms with Crippen LogP contribution in [0, 0.1) is 0 Å². The molecule has 5 nitrogen and oxygen atoms in total. The number of aliphatic hydroxyl groups excluding tert-OH is 1. The molecule has 0 aliphatic rings. The lowest BCUT2D eigenvalue weighted by Crippen LogP contribution is -2.38. The zero-order valence-electron chi connectivity index (χ0n) is 12.2. The van der Waals surface area contributed by atoms with Crippen molar-refractivity contribution >= 4 is 10.9 Å². The van der Waals surface area contributed by atoms with E-state index in [1.807, 2.05) is 20.8 Å². The van der Waals surface area contributed by atoms with Crippen LogP contribution in [0.2, 0.25) is 0 Å². The zero-order chi connectivity index (χ0) is 15.6. The third-order valence-electron chi connectivity index (χ3n) is 3.01. The number of benzene rings is 1. The summed E-state index contributed by atoms with van der Waals surface area (Å²) >= 11 is 0. The lowest BCUT2D eigenvalue weighted by Gasteiger charge is -2.23. The third kappa shape index (κ3) is 3.89. The molecule has 2 aromatic rings. The smallest absolute Gasteiger partial charge is 0.387 e. The first-order valence-corrected chi connectivity index (χ1v) is 6.62. The van der Waals surface area contributed by atoms with E-state index in [1.165, 1.54) is 12.3 Å². The summed E-state index contributed by atoms with van der Waals surface area (Å²) in [5, 5.41) is 20.5. The van der Waals surface area contributed by atoms with Crippen LogP contribution < -0.4 is 10.1 Å². The van der Waals surface area contributed by atoms with E-state index in [0.717, 1.165) is 0 Å². The van der Waals surface area contributed by atoms with Gasteiger partial charge in [0.05, 0.1) is 12.3 Å². The van der Waals surface area contributed by atoms with Crippen molar-refractivity contribution < 1.29 is 18.6 Å². The summed E-state index contributed by atoms with van der Waals surface area (Å²) in [6, 6.07) is 2.98. The molecule has 0 bridgehead atoms. The van der Waals surface area contributed by atoms with Crippen LogP contribution in [-0.4, -0.2) is 34.0 Å². The van der Waals surface area contributed by atoms with Crippen LogP contribution in [0.4, 0.5) is 8.78 Å². The van der Waals surface area contributed by atoms with Crippen LogP contribution >= 0.6 is 0 Å². The Morgan fingerprint density at radius 1 is 1.38 bits per heavy atom. The molecular weight excluding hydrogens is 280 g/mol. The summed E-state index contributed by atoms with van der Waals surface area (Å²) in [6.45, 7) is 3.42. The number of aliphatic hydroxyl groups is 1. The number of nitrogens with zero attached hydrogens (tertiary/aromatic N) is 1. The van der Waals surface area contributed by atoms with Crippen molar-refractivity contribution in [3.8, 4) is 5.75 Å². The van der Waals surface area contributed by atoms with Crippen molar-refractivity contribution in [2.45, 2.75) is 39.0 Å². The maximum absolute atomic E-state index is 12.3. The number of rotatable bonds is 5. The lowest BCUT2D eigenvalue weighted by atomic mass is 10.0. The summed E-state index contributed by atoms with van der Waals surface area (Å²) in [4.78, 5) is 0. The predicted octanol–water partition coefficient (Wildman–Crippen LogP) is 2.59. The van der Waals surface area contributed by atoms with Gasteiger partial charge in [0.25, 0.3) is 0 Å². The fourth-order valence-electron chi connectivity index (χ4n) is 2.03. The number of β-amino-alcohol motifs (C(OH)–C–C–N with tert-alkyl or cyclic N) is 1. The molecule has 0 spiro atoms. The number of nitrogens with one attached hydrogen (secondary N) is 2. The third-order valence-corrected chi connectivity index (χ3v) is 3.01. The predicted molar refractivity (Wildman–Crippen MR) is 75.4 cm³/mol. The maximum Gasteiger partial charge on any atom is 0.387 e. The normalized spacial score (nSPS) is 13.9. The number of aromatic amines is 1. The summed E-state index contributed by atoms with van der Waals surface area (Å²) in [5.41, 5.74) is 0.828. The lowest BCUT2D eigenvalue weighted by molar-refractivity contribution is -0.0489. The van der Waals surface area contributed by atoms with Gasteiger partial charge >= 0.3 is 6.61 Å². The standard InChI is InChI=1S/C14H19F2N3O2/c1-14(2,3)17-7-10(20)8-4-5-11(21-13(15)16)12-9(8)6-18-19-12/h4-6,10,13,17,20H,7H2,1-3H3,(H,18,19)/t10-/m0/s1. The molecule has 0 saturated carbocycles. The minimum absolute atomic E-state index is 0.0113. The molecule has 1 aromatic carbocycles. The highest BCUT2D eigenvalue weighted by Gasteiger charge is 2.19. The van der Waals surface area contributed by atoms with E-state index in [4.69, 9.17) is 0 Å². The summed E-state index contributed by atoms with van der Waals surface area (Å²) in [6.07, 6.45) is 0.716. The van der Waals surface area contributed by atoms with E-state index in [9.17, 15) is 13.9 Å². The largest absolute Gasteiger partial charge is 0.433 e. The van der Waals surface area contributed by atoms with E-state index >= 15 is 0 Å². The molecule has 0 unspecified atom stereocenters. The Hall–Kier alpha value is -1.73. The molecule has 0 fully saturated rings. The molecule has 0 aliphatic carbocycles. The molecule has 7 heteroatoms. The van der Waals surface area contributed by atoms with Crippen molar-refractivity contribution in [2.75, 3.05) is 6.54 Å². The Morgan fingerprint density at radius 2 is 2.10 bits per heavy atom. The molecular formula is C14H19F2N3O2. The number of alkyl halides is 2. The van der Waals surface area contributed by atoms with Crippen molar-refractivity contribution in [2.24, 2.45) is 0 Å². The van der Waals surface area contributed by atoms with Gasteiger partial charge in [0, 0.05) is 17.5 Å². The number of halogens is 2. The maximum atomic E-state index is 12.3. The van der Waals surface area contributed by atoms with Crippen LogP contribution in [-0.2, 0) is 0 Å². The average Bonchev–Trinajstić information content (AvgIpc) is 2.84. The monoisotopic (exact) mass is 299 g/mol. The Labute approximate surface area is 121 Å². The number of aromatic nitrogens is 2. The summed E-state index contributed by atoms with van der Waals surface area (Å²) in [5.74, 6) is 0.0113. The van der Waals surface area contributed by atoms with Gasteiger partial charge in [0.1, 0.15) is 5.52 Å². The Bertz CT molecular complexity index is 608. The zero-order valence-corrected chi connectivity index (χ0v) is 12.2. The van der Waals surface area contributed by atoms with E-state index in [0.29, 0.717) is 23.0 Å². The van der Waals surface area contributed by atoms with E-state index in [-0.39, 0.29) is 11.3 Å². The highest BCUT2D eigenvalue weighted by Crippen LogP contribution is 2.31. The van der Waals surface area contributed by atoms with Crippen molar-refractivity contribution in [3.05, 3.63) is 23.9 Å². The molecule has 2 rings (SSSR count). The molecule has 0 amide bonds. The number of hydrogen-bond acceptors (Lipinski definition) is 4. The Morgan fingerprint density at radius 3 is 2.71 bits per heavy atom. The number of fused-ring (bicyclic) bond motifs is 1. The van der Waals surface area contributed by atoms with Crippen molar-refractivity contribution in [1.82, 2.24) is 15.5 Å². The second-order valence-electron chi connectivity index (χ2n) is 5.84. The van der Waals surface area contributed by atoms with Gasteiger partial charge in [-0.05, 0) is 32.4 Å². The van der Waals surface area contributed by atoms with Crippen LogP contribution in [0.3, 0.4) is 0 Å². The molecule has 0 saturated heterocycles. The quantitative estimate of drug-likeness (QED) is 0.793. The van der Waals surface area contributed by atoms with Gasteiger partial charge in [-0.1, -0.05) is 6.07 Å². The molecule has 1 heterocycles. The molecule has 21 heavy (non-hydrogen) atoms. The van der Waals surface area contributed by atoms with E-state index in [2.05, 4.69) is 20.3 Å².